The first-order valence-electron chi connectivity index (χ1n) is 16.0. The molecule has 0 aliphatic carbocycles. The van der Waals surface area contributed by atoms with Crippen molar-refractivity contribution < 1.29 is 25.8 Å². The summed E-state index contributed by atoms with van der Waals surface area (Å²) >= 11 is 0. The summed E-state index contributed by atoms with van der Waals surface area (Å²) in [5.74, 6) is 2.86. The molecule has 7 aromatic rings. The molecular weight excluding hydrogens is 760 g/mol. The van der Waals surface area contributed by atoms with E-state index >= 15 is 0 Å². The monoisotopic (exact) mass is 797 g/mol. The van der Waals surface area contributed by atoms with Crippen LogP contribution in [-0.4, -0.2) is 19.3 Å². The van der Waals surface area contributed by atoms with Gasteiger partial charge in [0.1, 0.15) is 5.82 Å². The van der Waals surface area contributed by atoms with E-state index < -0.39 is 0 Å². The average molecular weight is 798 g/mol. The van der Waals surface area contributed by atoms with Crippen LogP contribution in [0, 0.1) is 32.9 Å². The maximum atomic E-state index is 6.44. The maximum absolute atomic E-state index is 6.44. The van der Waals surface area contributed by atoms with Gasteiger partial charge in [0.25, 0.3) is 0 Å². The third-order valence-electron chi connectivity index (χ3n) is 8.80. The zero-order chi connectivity index (χ0) is 32.1. The summed E-state index contributed by atoms with van der Waals surface area (Å²) in [5, 5.41) is 7.28. The number of fused-ring (bicyclic) bond motifs is 3. The fourth-order valence-electron chi connectivity index (χ4n) is 6.63. The number of para-hydroxylation sites is 1. The van der Waals surface area contributed by atoms with E-state index in [0.29, 0.717) is 23.3 Å². The van der Waals surface area contributed by atoms with Crippen molar-refractivity contribution in [2.45, 2.75) is 60.3 Å². The molecule has 0 saturated carbocycles. The van der Waals surface area contributed by atoms with Crippen LogP contribution < -0.4 is 4.74 Å². The van der Waals surface area contributed by atoms with Crippen LogP contribution in [0.4, 0.5) is 0 Å². The molecule has 3 aromatic heterocycles. The third-order valence-corrected chi connectivity index (χ3v) is 8.80. The normalized spacial score (nSPS) is 11.5. The van der Waals surface area contributed by atoms with E-state index in [1.165, 1.54) is 22.3 Å². The van der Waals surface area contributed by atoms with Crippen molar-refractivity contribution >= 4 is 21.8 Å². The molecule has 0 aliphatic rings. The van der Waals surface area contributed by atoms with Crippen LogP contribution in [0.3, 0.4) is 0 Å². The van der Waals surface area contributed by atoms with Crippen LogP contribution in [0.5, 0.6) is 11.5 Å². The van der Waals surface area contributed by atoms with Crippen LogP contribution in [0.15, 0.2) is 91.1 Å². The first-order valence-corrected chi connectivity index (χ1v) is 16.0. The molecule has 0 N–H and O–H groups in total. The van der Waals surface area contributed by atoms with Gasteiger partial charge in [-0.3, -0.25) is 4.68 Å². The molecule has 0 spiro atoms. The summed E-state index contributed by atoms with van der Waals surface area (Å²) in [7, 11) is 0. The van der Waals surface area contributed by atoms with Crippen molar-refractivity contribution in [2.75, 3.05) is 0 Å². The molecule has 0 saturated heterocycles. The van der Waals surface area contributed by atoms with Gasteiger partial charge in [-0.05, 0) is 84.1 Å². The van der Waals surface area contributed by atoms with Crippen LogP contribution >= 0.6 is 0 Å². The molecule has 3 heterocycles. The van der Waals surface area contributed by atoms with Crippen LogP contribution in [-0.2, 0) is 21.1 Å². The minimum absolute atomic E-state index is 0. The number of nitrogens with zero attached hydrogens (tertiary/aromatic N) is 4. The Hall–Kier alpha value is -4.47. The molecule has 0 radical (unpaired) electrons. The van der Waals surface area contributed by atoms with Gasteiger partial charge in [0.05, 0.1) is 5.69 Å². The SMILES string of the molecule is Cc1ccnc(-n2c3[c-]c(Oc4[c-]c(-n5nc(C)c(-c6c(C(C)C)cccc6C(C)C)c5C)ccc4)ccc3c3ccccc32)c1.[Pt+2]. The molecule has 4 aromatic carbocycles. The topological polar surface area (TPSA) is 44.9 Å². The van der Waals surface area contributed by atoms with Crippen molar-refractivity contribution in [1.29, 1.82) is 0 Å². The fraction of sp³-hybridized carbons (Fsp3) is 0.220. The summed E-state index contributed by atoms with van der Waals surface area (Å²) in [6.07, 6.45) is 1.85. The van der Waals surface area contributed by atoms with Crippen molar-refractivity contribution in [3.05, 3.63) is 131 Å². The second kappa shape index (κ2) is 13.0. The Kier molecular flexibility index (Phi) is 8.96. The van der Waals surface area contributed by atoms with Gasteiger partial charge >= 0.3 is 21.1 Å². The second-order valence-electron chi connectivity index (χ2n) is 12.7. The van der Waals surface area contributed by atoms with Gasteiger partial charge in [-0.15, -0.1) is 35.7 Å². The Balaban J connectivity index is 0.00000386. The second-order valence-corrected chi connectivity index (χ2v) is 12.7. The van der Waals surface area contributed by atoms with Crippen LogP contribution in [0.1, 0.15) is 67.6 Å². The van der Waals surface area contributed by atoms with Gasteiger partial charge in [-0.25, -0.2) is 4.98 Å². The molecule has 6 heteroatoms. The molecule has 0 aliphatic heterocycles. The Morgan fingerprint density at radius 1 is 0.702 bits per heavy atom. The predicted molar refractivity (Wildman–Crippen MR) is 188 cm³/mol. The number of pyridine rings is 1. The molecule has 0 fully saturated rings. The van der Waals surface area contributed by atoms with E-state index in [1.807, 2.05) is 41.2 Å². The number of rotatable bonds is 7. The number of aromatic nitrogens is 4. The van der Waals surface area contributed by atoms with E-state index in [0.717, 1.165) is 50.3 Å². The summed E-state index contributed by atoms with van der Waals surface area (Å²) in [5.41, 5.74) is 11.3. The predicted octanol–water partition coefficient (Wildman–Crippen LogP) is 10.6. The Morgan fingerprint density at radius 2 is 1.40 bits per heavy atom. The van der Waals surface area contributed by atoms with Crippen LogP contribution in [0.25, 0.3) is 44.4 Å². The number of hydrogen-bond acceptors (Lipinski definition) is 3. The Bertz CT molecular complexity index is 2210. The molecule has 238 valence electrons. The van der Waals surface area contributed by atoms with Gasteiger partial charge < -0.3 is 9.30 Å². The molecule has 0 atom stereocenters. The summed E-state index contributed by atoms with van der Waals surface area (Å²) in [6.45, 7) is 15.4. The maximum Gasteiger partial charge on any atom is 2.00 e. The molecule has 0 unspecified atom stereocenters. The minimum Gasteiger partial charge on any atom is -0.509 e. The van der Waals surface area contributed by atoms with E-state index in [4.69, 9.17) is 14.8 Å². The van der Waals surface area contributed by atoms with Gasteiger partial charge in [0.15, 0.2) is 0 Å². The number of hydrogen-bond donors (Lipinski definition) is 0. The molecular formula is C41H38N4OPt. The average Bonchev–Trinajstić information content (AvgIpc) is 3.53. The molecule has 47 heavy (non-hydrogen) atoms. The van der Waals surface area contributed by atoms with Crippen molar-refractivity contribution in [1.82, 2.24) is 19.3 Å². The fourth-order valence-corrected chi connectivity index (χ4v) is 6.63. The summed E-state index contributed by atoms with van der Waals surface area (Å²) in [6, 6.07) is 36.2. The van der Waals surface area contributed by atoms with Gasteiger partial charge in [0, 0.05) is 34.5 Å². The zero-order valence-electron chi connectivity index (χ0n) is 27.8. The molecule has 0 bridgehead atoms. The smallest absolute Gasteiger partial charge is 0.509 e. The van der Waals surface area contributed by atoms with Crippen LogP contribution in [0.2, 0.25) is 0 Å². The van der Waals surface area contributed by atoms with Crippen molar-refractivity contribution in [3.63, 3.8) is 0 Å². The Labute approximate surface area is 291 Å². The first-order chi connectivity index (χ1) is 22.2. The van der Waals surface area contributed by atoms with Crippen molar-refractivity contribution in [3.8, 4) is 34.1 Å². The van der Waals surface area contributed by atoms with Gasteiger partial charge in [-0.2, -0.15) is 17.2 Å². The standard InChI is InChI=1S/C41H38N4O.Pt/c1-25(2)33-15-11-16-34(26(3)4)41(33)40-28(6)43-45(29(40)7)30-12-10-13-31(23-30)46-32-18-19-36-35-14-8-9-17-37(35)44(38(36)24-32)39-22-27(5)20-21-42-39;/h8-22,25-26H,1-7H3;/q-2;+2. The quantitative estimate of drug-likeness (QED) is 0.151. The molecule has 7 rings (SSSR count). The van der Waals surface area contributed by atoms with E-state index in [1.54, 1.807) is 0 Å². The Morgan fingerprint density at radius 3 is 2.13 bits per heavy atom. The van der Waals surface area contributed by atoms with E-state index in [2.05, 4.69) is 120 Å². The molecule has 0 amide bonds. The summed E-state index contributed by atoms with van der Waals surface area (Å²) in [4.78, 5) is 4.70. The van der Waals surface area contributed by atoms with E-state index in [9.17, 15) is 0 Å². The number of ether oxygens (including phenoxy) is 1. The first kappa shape index (κ1) is 32.5. The van der Waals surface area contributed by atoms with Gasteiger partial charge in [0.2, 0.25) is 0 Å². The van der Waals surface area contributed by atoms with E-state index in [-0.39, 0.29) is 21.1 Å². The molecule has 5 nitrogen and oxygen atoms in total. The largest absolute Gasteiger partial charge is 2.00 e. The third kappa shape index (κ3) is 5.83. The zero-order valence-corrected chi connectivity index (χ0v) is 30.1. The minimum atomic E-state index is 0. The van der Waals surface area contributed by atoms with Crippen molar-refractivity contribution in [2.24, 2.45) is 0 Å². The van der Waals surface area contributed by atoms with Gasteiger partial charge in [-0.1, -0.05) is 69.6 Å². The number of benzene rings is 4. The summed E-state index contributed by atoms with van der Waals surface area (Å²) < 4.78 is 10.6. The number of aryl methyl sites for hydroxylation is 2.